The van der Waals surface area contributed by atoms with Crippen molar-refractivity contribution in [2.75, 3.05) is 16.9 Å². The zero-order valence-electron chi connectivity index (χ0n) is 10.2. The fourth-order valence-corrected chi connectivity index (χ4v) is 2.88. The molecule has 0 saturated carbocycles. The first-order chi connectivity index (χ1) is 9.52. The van der Waals surface area contributed by atoms with Crippen LogP contribution in [0, 0.1) is 17.1 Å². The molecule has 1 saturated heterocycles. The fourth-order valence-electron chi connectivity index (χ4n) is 1.73. The number of hydrogen-bond donors (Lipinski definition) is 2. The molecule has 1 aliphatic rings. The number of nitrogens with zero attached hydrogens (tertiary/aromatic N) is 2. The van der Waals surface area contributed by atoms with Crippen LogP contribution in [0.4, 0.5) is 14.9 Å². The van der Waals surface area contributed by atoms with Crippen LogP contribution in [0.2, 0.25) is 0 Å². The quantitative estimate of drug-likeness (QED) is 0.866. The third-order valence-electron chi connectivity index (χ3n) is 2.77. The van der Waals surface area contributed by atoms with Crippen molar-refractivity contribution >= 4 is 29.4 Å². The van der Waals surface area contributed by atoms with Gasteiger partial charge in [0.05, 0.1) is 11.4 Å². The number of hydrogen-bond acceptors (Lipinski definition) is 4. The maximum absolute atomic E-state index is 13.1. The number of urea groups is 1. The number of thioether (sulfide) groups is 1. The normalized spacial score (nSPS) is 17.6. The van der Waals surface area contributed by atoms with Crippen LogP contribution in [0.3, 0.4) is 0 Å². The number of carboxylic acids is 1. The number of halogens is 1. The third kappa shape index (κ3) is 2.83. The summed E-state index contributed by atoms with van der Waals surface area (Å²) in [6.07, 6.45) is 0. The zero-order chi connectivity index (χ0) is 14.7. The molecule has 20 heavy (non-hydrogen) atoms. The average molecular weight is 295 g/mol. The van der Waals surface area contributed by atoms with Crippen LogP contribution in [0.1, 0.15) is 5.56 Å². The molecule has 0 aromatic heterocycles. The lowest BCUT2D eigenvalue weighted by atomic mass is 10.2. The maximum atomic E-state index is 13.1. The molecule has 0 aliphatic carbocycles. The summed E-state index contributed by atoms with van der Waals surface area (Å²) < 4.78 is 13.1. The van der Waals surface area contributed by atoms with Gasteiger partial charge in [0, 0.05) is 11.4 Å². The SMILES string of the molecule is N#Cc1cc(NC(=O)N2CSCC2C(=O)O)ccc1F. The zero-order valence-corrected chi connectivity index (χ0v) is 11.0. The summed E-state index contributed by atoms with van der Waals surface area (Å²) in [6, 6.07) is 3.79. The number of anilines is 1. The Hall–Kier alpha value is -2.27. The summed E-state index contributed by atoms with van der Waals surface area (Å²) in [7, 11) is 0. The molecule has 6 nitrogen and oxygen atoms in total. The van der Waals surface area contributed by atoms with E-state index in [0.717, 1.165) is 6.07 Å². The first kappa shape index (κ1) is 14.1. The van der Waals surface area contributed by atoms with E-state index in [9.17, 15) is 14.0 Å². The van der Waals surface area contributed by atoms with Crippen molar-refractivity contribution in [1.82, 2.24) is 4.90 Å². The van der Waals surface area contributed by atoms with E-state index >= 15 is 0 Å². The van der Waals surface area contributed by atoms with Crippen LogP contribution in [-0.2, 0) is 4.79 Å². The van der Waals surface area contributed by atoms with Gasteiger partial charge >= 0.3 is 12.0 Å². The van der Waals surface area contributed by atoms with Gasteiger partial charge in [0.25, 0.3) is 0 Å². The van der Waals surface area contributed by atoms with Gasteiger partial charge in [-0.05, 0) is 18.2 Å². The lowest BCUT2D eigenvalue weighted by Crippen LogP contribution is -2.43. The van der Waals surface area contributed by atoms with Crippen molar-refractivity contribution in [3.8, 4) is 6.07 Å². The number of carbonyl (C=O) groups is 2. The second-order valence-corrected chi connectivity index (χ2v) is 5.06. The fraction of sp³-hybridized carbons (Fsp3) is 0.250. The smallest absolute Gasteiger partial charge is 0.327 e. The molecule has 1 heterocycles. The number of benzene rings is 1. The number of carboxylic acid groups (broad SMARTS) is 1. The Bertz CT molecular complexity index is 602. The van der Waals surface area contributed by atoms with Crippen LogP contribution >= 0.6 is 11.8 Å². The summed E-state index contributed by atoms with van der Waals surface area (Å²) in [5, 5.41) is 20.2. The van der Waals surface area contributed by atoms with Gasteiger partial charge in [-0.1, -0.05) is 0 Å². The lowest BCUT2D eigenvalue weighted by molar-refractivity contribution is -0.140. The summed E-state index contributed by atoms with van der Waals surface area (Å²) in [5.41, 5.74) is 0.0578. The lowest BCUT2D eigenvalue weighted by Gasteiger charge is -2.20. The van der Waals surface area contributed by atoms with E-state index in [4.69, 9.17) is 10.4 Å². The van der Waals surface area contributed by atoms with E-state index < -0.39 is 23.9 Å². The van der Waals surface area contributed by atoms with E-state index in [1.54, 1.807) is 6.07 Å². The van der Waals surface area contributed by atoms with Crippen LogP contribution in [0.5, 0.6) is 0 Å². The second kappa shape index (κ2) is 5.79. The number of amides is 2. The summed E-state index contributed by atoms with van der Waals surface area (Å²) >= 11 is 1.34. The van der Waals surface area contributed by atoms with Crippen LogP contribution in [0.25, 0.3) is 0 Å². The predicted octanol–water partition coefficient (Wildman–Crippen LogP) is 1.69. The second-order valence-electron chi connectivity index (χ2n) is 4.06. The highest BCUT2D eigenvalue weighted by Gasteiger charge is 2.34. The van der Waals surface area contributed by atoms with Crippen molar-refractivity contribution in [1.29, 1.82) is 5.26 Å². The standard InChI is InChI=1S/C12H10FN3O3S/c13-9-2-1-8(3-7(9)4-14)15-12(19)16-6-20-5-10(16)11(17)18/h1-3,10H,5-6H2,(H,15,19)(H,17,18). The van der Waals surface area contributed by atoms with Gasteiger partial charge in [-0.3, -0.25) is 0 Å². The van der Waals surface area contributed by atoms with E-state index in [1.807, 2.05) is 0 Å². The molecule has 0 radical (unpaired) electrons. The van der Waals surface area contributed by atoms with Crippen molar-refractivity contribution in [2.45, 2.75) is 6.04 Å². The van der Waals surface area contributed by atoms with E-state index in [1.165, 1.54) is 28.8 Å². The highest BCUT2D eigenvalue weighted by molar-refractivity contribution is 7.99. The van der Waals surface area contributed by atoms with Gasteiger partial charge in [-0.2, -0.15) is 5.26 Å². The molecular formula is C12H10FN3O3S. The maximum Gasteiger partial charge on any atom is 0.327 e. The molecule has 1 aliphatic heterocycles. The van der Waals surface area contributed by atoms with Gasteiger partial charge in [0.1, 0.15) is 17.9 Å². The molecule has 104 valence electrons. The van der Waals surface area contributed by atoms with Gasteiger partial charge in [-0.15, -0.1) is 11.8 Å². The van der Waals surface area contributed by atoms with Crippen LogP contribution < -0.4 is 5.32 Å². The molecule has 0 bridgehead atoms. The van der Waals surface area contributed by atoms with Crippen LogP contribution in [0.15, 0.2) is 18.2 Å². The molecule has 1 aromatic carbocycles. The predicted molar refractivity (Wildman–Crippen MR) is 70.7 cm³/mol. The Morgan fingerprint density at radius 1 is 1.55 bits per heavy atom. The van der Waals surface area contributed by atoms with Crippen molar-refractivity contribution < 1.29 is 19.1 Å². The molecule has 0 spiro atoms. The summed E-state index contributed by atoms with van der Waals surface area (Å²) in [6.45, 7) is 0. The molecule has 1 atom stereocenters. The number of carbonyl (C=O) groups excluding carboxylic acids is 1. The minimum atomic E-state index is -1.07. The average Bonchev–Trinajstić information content (AvgIpc) is 2.90. The topological polar surface area (TPSA) is 93.4 Å². The molecular weight excluding hydrogens is 285 g/mol. The van der Waals surface area contributed by atoms with E-state index in [-0.39, 0.29) is 17.1 Å². The number of nitriles is 1. The highest BCUT2D eigenvalue weighted by Crippen LogP contribution is 2.22. The Kier molecular flexibility index (Phi) is 4.10. The van der Waals surface area contributed by atoms with Gasteiger partial charge in [0.2, 0.25) is 0 Å². The first-order valence-electron chi connectivity index (χ1n) is 5.60. The van der Waals surface area contributed by atoms with Crippen molar-refractivity contribution in [2.24, 2.45) is 0 Å². The Morgan fingerprint density at radius 2 is 2.30 bits per heavy atom. The molecule has 1 fully saturated rings. The van der Waals surface area contributed by atoms with E-state index in [0.29, 0.717) is 5.75 Å². The minimum Gasteiger partial charge on any atom is -0.480 e. The van der Waals surface area contributed by atoms with Crippen LogP contribution in [-0.4, -0.2) is 39.7 Å². The largest absolute Gasteiger partial charge is 0.480 e. The number of nitrogens with one attached hydrogen (secondary N) is 1. The number of rotatable bonds is 2. The Balaban J connectivity index is 2.12. The Morgan fingerprint density at radius 3 is 2.95 bits per heavy atom. The molecule has 8 heteroatoms. The minimum absolute atomic E-state index is 0.187. The van der Waals surface area contributed by atoms with Crippen molar-refractivity contribution in [3.63, 3.8) is 0 Å². The first-order valence-corrected chi connectivity index (χ1v) is 6.76. The summed E-state index contributed by atoms with van der Waals surface area (Å²) in [4.78, 5) is 24.1. The molecule has 1 aromatic rings. The summed E-state index contributed by atoms with van der Waals surface area (Å²) in [5.74, 6) is -1.14. The molecule has 2 N–H and O–H groups in total. The third-order valence-corrected chi connectivity index (χ3v) is 3.78. The molecule has 1 unspecified atom stereocenters. The molecule has 2 rings (SSSR count). The number of aliphatic carboxylic acids is 1. The van der Waals surface area contributed by atoms with E-state index in [2.05, 4.69) is 5.32 Å². The van der Waals surface area contributed by atoms with Gasteiger partial charge in [0.15, 0.2) is 0 Å². The Labute approximate surface area is 118 Å². The monoisotopic (exact) mass is 295 g/mol. The van der Waals surface area contributed by atoms with Gasteiger partial charge in [-0.25, -0.2) is 14.0 Å². The highest BCUT2D eigenvalue weighted by atomic mass is 32.2. The molecule has 2 amide bonds. The van der Waals surface area contributed by atoms with Crippen molar-refractivity contribution in [3.05, 3.63) is 29.6 Å². The van der Waals surface area contributed by atoms with Gasteiger partial charge < -0.3 is 15.3 Å².